The molecule has 5 aromatic rings. The van der Waals surface area contributed by atoms with Gasteiger partial charge < -0.3 is 13.9 Å². The van der Waals surface area contributed by atoms with Crippen LogP contribution in [0.5, 0.6) is 11.5 Å². The molecule has 0 aliphatic rings. The number of fused-ring (bicyclic) bond motifs is 3. The van der Waals surface area contributed by atoms with Crippen LogP contribution in [-0.4, -0.2) is 14.2 Å². The number of benzene rings is 3. The second kappa shape index (κ2) is 6.73. The lowest BCUT2D eigenvalue weighted by molar-refractivity contribution is 0.414. The number of ether oxygens (including phenoxy) is 2. The summed E-state index contributed by atoms with van der Waals surface area (Å²) in [6.45, 7) is 0. The fourth-order valence-electron chi connectivity index (χ4n) is 3.51. The molecule has 2 heterocycles. The summed E-state index contributed by atoms with van der Waals surface area (Å²) in [4.78, 5) is 1.19. The summed E-state index contributed by atoms with van der Waals surface area (Å²) < 4.78 is 18.1. The Labute approximate surface area is 166 Å². The van der Waals surface area contributed by atoms with Crippen molar-refractivity contribution < 1.29 is 13.9 Å². The summed E-state index contributed by atoms with van der Waals surface area (Å²) >= 11 is 1.77. The van der Waals surface area contributed by atoms with Crippen molar-refractivity contribution in [1.82, 2.24) is 0 Å². The van der Waals surface area contributed by atoms with Crippen molar-refractivity contribution in [3.05, 3.63) is 72.8 Å². The first-order chi connectivity index (χ1) is 13.8. The van der Waals surface area contributed by atoms with E-state index in [0.29, 0.717) is 0 Å². The van der Waals surface area contributed by atoms with Crippen LogP contribution in [0.3, 0.4) is 0 Å². The minimum Gasteiger partial charge on any atom is -0.497 e. The Kier molecular flexibility index (Phi) is 4.06. The molecular weight excluding hydrogens is 368 g/mol. The third-order valence-corrected chi connectivity index (χ3v) is 6.19. The smallest absolute Gasteiger partial charge is 0.154 e. The van der Waals surface area contributed by atoms with Crippen molar-refractivity contribution in [2.45, 2.75) is 0 Å². The predicted molar refractivity (Wildman–Crippen MR) is 116 cm³/mol. The quantitative estimate of drug-likeness (QED) is 0.333. The maximum absolute atomic E-state index is 6.30. The molecule has 0 spiro atoms. The Balaban J connectivity index is 1.79. The maximum atomic E-state index is 6.30. The normalized spacial score (nSPS) is 11.2. The van der Waals surface area contributed by atoms with Gasteiger partial charge in [0.25, 0.3) is 0 Å². The fraction of sp³-hybridized carbons (Fsp3) is 0.0833. The van der Waals surface area contributed by atoms with Gasteiger partial charge in [-0.05, 0) is 59.7 Å². The summed E-state index contributed by atoms with van der Waals surface area (Å²) in [5.74, 6) is 1.69. The number of furan rings is 1. The van der Waals surface area contributed by atoms with Gasteiger partial charge in [-0.25, -0.2) is 0 Å². The number of thiophene rings is 1. The topological polar surface area (TPSA) is 31.6 Å². The Morgan fingerprint density at radius 3 is 1.96 bits per heavy atom. The Hall–Kier alpha value is -3.24. The SMILES string of the molecule is COc1ccc(-c2sc3c(oc4ccccc43)c2-c2ccc(OC)cc2)cc1. The van der Waals surface area contributed by atoms with E-state index in [2.05, 4.69) is 36.4 Å². The Morgan fingerprint density at radius 2 is 1.32 bits per heavy atom. The third kappa shape index (κ3) is 2.65. The van der Waals surface area contributed by atoms with Crippen molar-refractivity contribution in [3.8, 4) is 33.1 Å². The summed E-state index contributed by atoms with van der Waals surface area (Å²) in [7, 11) is 3.36. The van der Waals surface area contributed by atoms with E-state index in [4.69, 9.17) is 13.9 Å². The molecule has 138 valence electrons. The molecule has 3 nitrogen and oxygen atoms in total. The van der Waals surface area contributed by atoms with E-state index < -0.39 is 0 Å². The highest BCUT2D eigenvalue weighted by Gasteiger charge is 2.21. The standard InChI is InChI=1S/C24H18O3S/c1-25-17-11-7-15(8-12-17)21-22-24(19-5-3-4-6-20(19)27-22)28-23(21)16-9-13-18(26-2)14-10-16/h3-14H,1-2H3. The van der Waals surface area contributed by atoms with E-state index in [1.54, 1.807) is 25.6 Å². The number of hydrogen-bond acceptors (Lipinski definition) is 4. The van der Waals surface area contributed by atoms with Crippen LogP contribution >= 0.6 is 11.3 Å². The first kappa shape index (κ1) is 16.9. The van der Waals surface area contributed by atoms with Crippen LogP contribution in [-0.2, 0) is 0 Å². The first-order valence-electron chi connectivity index (χ1n) is 9.01. The second-order valence-electron chi connectivity index (χ2n) is 6.52. The van der Waals surface area contributed by atoms with Crippen molar-refractivity contribution in [3.63, 3.8) is 0 Å². The van der Waals surface area contributed by atoms with E-state index in [9.17, 15) is 0 Å². The summed E-state index contributed by atoms with van der Waals surface area (Å²) in [5.41, 5.74) is 5.22. The van der Waals surface area contributed by atoms with Gasteiger partial charge in [0, 0.05) is 15.8 Å². The van der Waals surface area contributed by atoms with Gasteiger partial charge in [0.1, 0.15) is 17.1 Å². The van der Waals surface area contributed by atoms with Crippen molar-refractivity contribution in [2.24, 2.45) is 0 Å². The van der Waals surface area contributed by atoms with E-state index in [1.807, 2.05) is 36.4 Å². The Bertz CT molecular complexity index is 1260. The zero-order valence-corrected chi connectivity index (χ0v) is 16.4. The van der Waals surface area contributed by atoms with Crippen LogP contribution in [0.25, 0.3) is 42.8 Å². The molecule has 0 atom stereocenters. The van der Waals surface area contributed by atoms with Gasteiger partial charge in [-0.3, -0.25) is 0 Å². The van der Waals surface area contributed by atoms with Gasteiger partial charge in [0.2, 0.25) is 0 Å². The molecule has 3 aromatic carbocycles. The molecule has 0 aliphatic heterocycles. The van der Waals surface area contributed by atoms with Crippen molar-refractivity contribution in [2.75, 3.05) is 14.2 Å². The second-order valence-corrected chi connectivity index (χ2v) is 7.54. The number of rotatable bonds is 4. The van der Waals surface area contributed by atoms with Crippen LogP contribution in [0, 0.1) is 0 Å². The predicted octanol–water partition coefficient (Wildman–Crippen LogP) is 7.00. The molecule has 0 saturated carbocycles. The van der Waals surface area contributed by atoms with Gasteiger partial charge in [-0.15, -0.1) is 11.3 Å². The third-order valence-electron chi connectivity index (χ3n) is 4.94. The first-order valence-corrected chi connectivity index (χ1v) is 9.83. The van der Waals surface area contributed by atoms with Gasteiger partial charge >= 0.3 is 0 Å². The minimum atomic E-state index is 0.839. The summed E-state index contributed by atoms with van der Waals surface area (Å²) in [6, 6.07) is 24.5. The summed E-state index contributed by atoms with van der Waals surface area (Å²) in [6.07, 6.45) is 0. The van der Waals surface area contributed by atoms with Crippen LogP contribution in [0.2, 0.25) is 0 Å². The van der Waals surface area contributed by atoms with Crippen LogP contribution in [0.4, 0.5) is 0 Å². The van der Waals surface area contributed by atoms with E-state index in [0.717, 1.165) is 44.7 Å². The molecule has 2 aromatic heterocycles. The lowest BCUT2D eigenvalue weighted by Crippen LogP contribution is -1.85. The molecule has 0 bridgehead atoms. The number of hydrogen-bond donors (Lipinski definition) is 0. The molecule has 4 heteroatoms. The van der Waals surface area contributed by atoms with Crippen LogP contribution in [0.15, 0.2) is 77.2 Å². The highest BCUT2D eigenvalue weighted by atomic mass is 32.1. The molecule has 0 saturated heterocycles. The molecule has 0 aliphatic carbocycles. The largest absolute Gasteiger partial charge is 0.497 e. The van der Waals surface area contributed by atoms with Gasteiger partial charge in [0.05, 0.1) is 18.9 Å². The van der Waals surface area contributed by atoms with Gasteiger partial charge in [0.15, 0.2) is 5.58 Å². The molecular formula is C24H18O3S. The molecule has 0 N–H and O–H groups in total. The summed E-state index contributed by atoms with van der Waals surface area (Å²) in [5, 5.41) is 1.15. The van der Waals surface area contributed by atoms with Crippen LogP contribution in [0.1, 0.15) is 0 Å². The van der Waals surface area contributed by atoms with E-state index in [-0.39, 0.29) is 0 Å². The average molecular weight is 386 g/mol. The molecule has 0 radical (unpaired) electrons. The molecule has 0 fully saturated rings. The highest BCUT2D eigenvalue weighted by Crippen LogP contribution is 2.48. The van der Waals surface area contributed by atoms with Gasteiger partial charge in [-0.2, -0.15) is 0 Å². The zero-order valence-electron chi connectivity index (χ0n) is 15.6. The lowest BCUT2D eigenvalue weighted by Gasteiger charge is -2.07. The zero-order chi connectivity index (χ0) is 19.1. The van der Waals surface area contributed by atoms with Crippen molar-refractivity contribution in [1.29, 1.82) is 0 Å². The number of para-hydroxylation sites is 1. The van der Waals surface area contributed by atoms with Crippen molar-refractivity contribution >= 4 is 32.6 Å². The molecule has 28 heavy (non-hydrogen) atoms. The van der Waals surface area contributed by atoms with E-state index >= 15 is 0 Å². The van der Waals surface area contributed by atoms with E-state index in [1.165, 1.54) is 9.58 Å². The molecule has 0 amide bonds. The molecule has 5 rings (SSSR count). The van der Waals surface area contributed by atoms with Gasteiger partial charge in [-0.1, -0.05) is 24.3 Å². The lowest BCUT2D eigenvalue weighted by atomic mass is 10.0. The Morgan fingerprint density at radius 1 is 0.714 bits per heavy atom. The fourth-order valence-corrected chi connectivity index (χ4v) is 4.80. The average Bonchev–Trinajstić information content (AvgIpc) is 3.30. The van der Waals surface area contributed by atoms with Crippen LogP contribution < -0.4 is 9.47 Å². The monoisotopic (exact) mass is 386 g/mol. The maximum Gasteiger partial charge on any atom is 0.154 e. The molecule has 0 unspecified atom stereocenters. The number of methoxy groups -OCH3 is 2. The highest BCUT2D eigenvalue weighted by molar-refractivity contribution is 7.24. The minimum absolute atomic E-state index is 0.839.